The van der Waals surface area contributed by atoms with Gasteiger partial charge in [-0.3, -0.25) is 9.78 Å². The minimum Gasteiger partial charge on any atom is -0.465 e. The number of aromatic nitrogens is 3. The first-order valence-corrected chi connectivity index (χ1v) is 15.1. The van der Waals surface area contributed by atoms with E-state index in [1.54, 1.807) is 6.20 Å². The summed E-state index contributed by atoms with van der Waals surface area (Å²) in [6, 6.07) is 20.5. The predicted molar refractivity (Wildman–Crippen MR) is 163 cm³/mol. The number of esters is 1. The Bertz CT molecular complexity index is 1590. The Labute approximate surface area is 247 Å². The van der Waals surface area contributed by atoms with Crippen LogP contribution in [-0.2, 0) is 4.74 Å². The highest BCUT2D eigenvalue weighted by molar-refractivity contribution is 5.96. The number of hydrogen-bond donors (Lipinski definition) is 0. The largest absolute Gasteiger partial charge is 0.465 e. The lowest BCUT2D eigenvalue weighted by Crippen LogP contribution is -2.43. The van der Waals surface area contributed by atoms with Gasteiger partial charge in [0.05, 0.1) is 24.7 Å². The highest BCUT2D eigenvalue weighted by atomic mass is 16.5. The van der Waals surface area contributed by atoms with E-state index in [9.17, 15) is 9.59 Å². The van der Waals surface area contributed by atoms with Crippen molar-refractivity contribution in [1.82, 2.24) is 19.7 Å². The van der Waals surface area contributed by atoms with Crippen molar-refractivity contribution in [3.63, 3.8) is 0 Å². The zero-order valence-electron chi connectivity index (χ0n) is 24.6. The molecular formula is C35H38N4O3. The van der Waals surface area contributed by atoms with Crippen LogP contribution in [0.25, 0.3) is 16.8 Å². The third-order valence-corrected chi connectivity index (χ3v) is 8.71. The molecule has 3 atom stereocenters. The van der Waals surface area contributed by atoms with Crippen LogP contribution in [0.15, 0.2) is 73.1 Å². The number of hydrogen-bond acceptors (Lipinski definition) is 5. The van der Waals surface area contributed by atoms with Crippen LogP contribution in [0.3, 0.4) is 0 Å². The van der Waals surface area contributed by atoms with Gasteiger partial charge in [0, 0.05) is 41.9 Å². The Hall–Kier alpha value is -4.26. The molecule has 3 heterocycles. The molecule has 6 rings (SSSR count). The summed E-state index contributed by atoms with van der Waals surface area (Å²) in [5.41, 5.74) is 7.02. The number of methoxy groups -OCH3 is 1. The quantitative estimate of drug-likeness (QED) is 0.214. The number of pyridine rings is 1. The van der Waals surface area contributed by atoms with E-state index in [0.717, 1.165) is 78.0 Å². The van der Waals surface area contributed by atoms with Crippen LogP contribution in [-0.4, -0.2) is 51.2 Å². The molecule has 0 unspecified atom stereocenters. The van der Waals surface area contributed by atoms with E-state index < -0.39 is 0 Å². The van der Waals surface area contributed by atoms with Crippen LogP contribution < -0.4 is 0 Å². The van der Waals surface area contributed by atoms with Gasteiger partial charge in [-0.15, -0.1) is 0 Å². The number of rotatable bonds is 8. The van der Waals surface area contributed by atoms with Gasteiger partial charge in [0.2, 0.25) is 0 Å². The van der Waals surface area contributed by atoms with Crippen LogP contribution >= 0.6 is 0 Å². The van der Waals surface area contributed by atoms with Crippen molar-refractivity contribution < 1.29 is 14.3 Å². The highest BCUT2D eigenvalue weighted by Gasteiger charge is 2.45. The fourth-order valence-electron chi connectivity index (χ4n) is 6.43. The molecule has 0 radical (unpaired) electrons. The Kier molecular flexibility index (Phi) is 7.92. The van der Waals surface area contributed by atoms with Gasteiger partial charge in [-0.2, -0.15) is 5.10 Å². The average Bonchev–Trinajstić information content (AvgIpc) is 3.70. The molecule has 1 saturated heterocycles. The molecule has 0 N–H and O–H groups in total. The molecule has 0 bridgehead atoms. The van der Waals surface area contributed by atoms with Gasteiger partial charge in [0.25, 0.3) is 5.91 Å². The first kappa shape index (κ1) is 27.9. The fraction of sp³-hybridized carbons (Fsp3) is 0.371. The number of amides is 1. The number of aryl methyl sites for hydroxylation is 1. The minimum absolute atomic E-state index is 0.113. The molecule has 2 aromatic heterocycles. The summed E-state index contributed by atoms with van der Waals surface area (Å²) in [4.78, 5) is 33.1. The van der Waals surface area contributed by atoms with Crippen molar-refractivity contribution in [2.45, 2.75) is 70.3 Å². The minimum atomic E-state index is -0.389. The van der Waals surface area contributed by atoms with E-state index in [1.807, 2.05) is 54.2 Å². The van der Waals surface area contributed by atoms with Gasteiger partial charge in [-0.1, -0.05) is 43.7 Å². The lowest BCUT2D eigenvalue weighted by atomic mass is 9.96. The maximum atomic E-state index is 13.6. The van der Waals surface area contributed by atoms with E-state index in [1.165, 1.54) is 13.5 Å². The Morgan fingerprint density at radius 2 is 1.79 bits per heavy atom. The number of likely N-dealkylation sites (tertiary alicyclic amines) is 1. The molecule has 216 valence electrons. The SMILES string of the molecule is CCC[C@@H]1CCCCN1C(=O)c1cccc(-c2cccc(-n3ncc(C(=O)OC)c3[C@@H]3C[C@H]3c3ccc(C)cn3)c2)c1. The average molecular weight is 563 g/mol. The van der Waals surface area contributed by atoms with E-state index >= 15 is 0 Å². The van der Waals surface area contributed by atoms with E-state index in [4.69, 9.17) is 4.74 Å². The number of nitrogens with zero attached hydrogens (tertiary/aromatic N) is 4. The number of carbonyl (C=O) groups excluding carboxylic acids is 2. The van der Waals surface area contributed by atoms with Gasteiger partial charge in [0.1, 0.15) is 5.56 Å². The van der Waals surface area contributed by atoms with E-state index in [-0.39, 0.29) is 23.7 Å². The van der Waals surface area contributed by atoms with Crippen LogP contribution in [0.1, 0.15) is 95.0 Å². The van der Waals surface area contributed by atoms with Crippen molar-refractivity contribution in [2.24, 2.45) is 0 Å². The summed E-state index contributed by atoms with van der Waals surface area (Å²) in [6.45, 7) is 5.04. The van der Waals surface area contributed by atoms with Crippen LogP contribution in [0.4, 0.5) is 0 Å². The number of benzene rings is 2. The predicted octanol–water partition coefficient (Wildman–Crippen LogP) is 7.10. The van der Waals surface area contributed by atoms with Crippen LogP contribution in [0.5, 0.6) is 0 Å². The molecule has 42 heavy (non-hydrogen) atoms. The van der Waals surface area contributed by atoms with Gasteiger partial charge < -0.3 is 9.64 Å². The highest BCUT2D eigenvalue weighted by Crippen LogP contribution is 2.55. The topological polar surface area (TPSA) is 77.3 Å². The van der Waals surface area contributed by atoms with E-state index in [2.05, 4.69) is 46.2 Å². The van der Waals surface area contributed by atoms with Crippen molar-refractivity contribution in [3.05, 3.63) is 101 Å². The van der Waals surface area contributed by atoms with Gasteiger partial charge >= 0.3 is 5.97 Å². The Balaban J connectivity index is 1.31. The van der Waals surface area contributed by atoms with Gasteiger partial charge in [-0.05, 0) is 86.1 Å². The molecule has 7 heteroatoms. The molecule has 1 saturated carbocycles. The number of carbonyl (C=O) groups is 2. The van der Waals surface area contributed by atoms with Crippen LogP contribution in [0, 0.1) is 6.92 Å². The van der Waals surface area contributed by atoms with E-state index in [0.29, 0.717) is 11.6 Å². The second-order valence-corrected chi connectivity index (χ2v) is 11.6. The summed E-state index contributed by atoms with van der Waals surface area (Å²) in [5.74, 6) is 0.0663. The number of piperidine rings is 1. The van der Waals surface area contributed by atoms with Gasteiger partial charge in [-0.25, -0.2) is 9.48 Å². The zero-order valence-corrected chi connectivity index (χ0v) is 24.6. The van der Waals surface area contributed by atoms with Crippen molar-refractivity contribution in [1.29, 1.82) is 0 Å². The monoisotopic (exact) mass is 562 g/mol. The molecule has 4 aromatic rings. The summed E-state index contributed by atoms with van der Waals surface area (Å²) < 4.78 is 6.99. The molecule has 0 spiro atoms. The smallest absolute Gasteiger partial charge is 0.341 e. The van der Waals surface area contributed by atoms with Crippen LogP contribution in [0.2, 0.25) is 0 Å². The molecule has 1 amide bonds. The van der Waals surface area contributed by atoms with Crippen molar-refractivity contribution in [2.75, 3.05) is 13.7 Å². The number of ether oxygens (including phenoxy) is 1. The molecular weight excluding hydrogens is 524 g/mol. The first-order chi connectivity index (χ1) is 20.5. The summed E-state index contributed by atoms with van der Waals surface area (Å²) in [7, 11) is 1.40. The lowest BCUT2D eigenvalue weighted by molar-refractivity contribution is 0.0592. The third-order valence-electron chi connectivity index (χ3n) is 8.71. The molecule has 2 aromatic carbocycles. The Morgan fingerprint density at radius 1 is 0.976 bits per heavy atom. The maximum Gasteiger partial charge on any atom is 0.341 e. The summed E-state index contributed by atoms with van der Waals surface area (Å²) >= 11 is 0. The Morgan fingerprint density at radius 3 is 2.55 bits per heavy atom. The van der Waals surface area contributed by atoms with Crippen molar-refractivity contribution in [3.8, 4) is 16.8 Å². The second-order valence-electron chi connectivity index (χ2n) is 11.6. The summed E-state index contributed by atoms with van der Waals surface area (Å²) in [6.07, 6.45) is 9.87. The first-order valence-electron chi connectivity index (χ1n) is 15.1. The molecule has 2 aliphatic rings. The maximum absolute atomic E-state index is 13.6. The molecule has 1 aliphatic heterocycles. The summed E-state index contributed by atoms with van der Waals surface area (Å²) in [5, 5.41) is 4.66. The third kappa shape index (κ3) is 5.48. The van der Waals surface area contributed by atoms with Crippen molar-refractivity contribution >= 4 is 11.9 Å². The molecule has 2 fully saturated rings. The lowest BCUT2D eigenvalue weighted by Gasteiger charge is -2.36. The van der Waals surface area contributed by atoms with Gasteiger partial charge in [0.15, 0.2) is 0 Å². The molecule has 7 nitrogen and oxygen atoms in total. The zero-order chi connectivity index (χ0) is 29.2. The molecule has 1 aliphatic carbocycles. The standard InChI is InChI=1S/C35H38N4O3/c1-4-9-27-13-5-6-17-38(27)34(40)26-12-7-10-24(18-26)25-11-8-14-28(19-25)39-33(31(22-37-39)35(41)42-3)30-20-29(30)32-16-15-23(2)21-36-32/h7-8,10-12,14-16,18-19,21-22,27,29-30H,4-6,9,13,17,20H2,1-3H3/t27-,29-,30-/m1/s1. The normalized spacial score (nSPS) is 19.9. The second kappa shape index (κ2) is 11.9. The fourth-order valence-corrected chi connectivity index (χ4v) is 6.43.